The second kappa shape index (κ2) is 69.8. The lowest BCUT2D eigenvalue weighted by atomic mass is 10.0. The third-order valence-corrected chi connectivity index (χ3v) is 20.1. The van der Waals surface area contributed by atoms with Crippen LogP contribution in [-0.2, 0) is 65.4 Å². The van der Waals surface area contributed by atoms with Crippen LogP contribution in [0.3, 0.4) is 0 Å². The summed E-state index contributed by atoms with van der Waals surface area (Å²) in [5.74, 6) is -0.614. The maximum Gasteiger partial charge on any atom is 0.472 e. The Morgan fingerprint density at radius 2 is 0.474 bits per heavy atom. The van der Waals surface area contributed by atoms with Crippen molar-refractivity contribution in [3.63, 3.8) is 0 Å². The van der Waals surface area contributed by atoms with Crippen LogP contribution in [0.15, 0.2) is 0 Å². The van der Waals surface area contributed by atoms with Crippen molar-refractivity contribution in [2.45, 2.75) is 426 Å². The molecule has 0 aliphatic heterocycles. The van der Waals surface area contributed by atoms with E-state index < -0.39 is 97.5 Å². The predicted octanol–water partition coefficient (Wildman–Crippen LogP) is 23.1. The Kier molecular flexibility index (Phi) is 68.4. The molecule has 2 unspecified atom stereocenters. The topological polar surface area (TPSA) is 237 Å². The number of carbonyl (C=O) groups excluding carboxylic acids is 4. The Balaban J connectivity index is 5.22. The first kappa shape index (κ1) is 95.1. The summed E-state index contributed by atoms with van der Waals surface area (Å²) in [4.78, 5) is 72.9. The van der Waals surface area contributed by atoms with Gasteiger partial charge >= 0.3 is 39.5 Å². The summed E-state index contributed by atoms with van der Waals surface area (Å²) in [7, 11) is -9.91. The maximum absolute atomic E-state index is 13.1. The molecule has 5 atom stereocenters. The minimum atomic E-state index is -4.96. The molecule has 0 saturated heterocycles. The molecule has 576 valence electrons. The second-order valence-electron chi connectivity index (χ2n) is 29.1. The Morgan fingerprint density at radius 1 is 0.278 bits per heavy atom. The van der Waals surface area contributed by atoms with E-state index in [1.54, 1.807) is 0 Å². The van der Waals surface area contributed by atoms with Crippen molar-refractivity contribution in [3.05, 3.63) is 0 Å². The highest BCUT2D eigenvalue weighted by Gasteiger charge is 2.30. The number of aliphatic hydroxyl groups excluding tert-OH is 1. The molecule has 0 aromatic carbocycles. The lowest BCUT2D eigenvalue weighted by Gasteiger charge is -2.21. The number of ether oxygens (including phenoxy) is 4. The van der Waals surface area contributed by atoms with E-state index >= 15 is 0 Å². The summed E-state index contributed by atoms with van der Waals surface area (Å²) >= 11 is 0. The molecule has 17 nitrogen and oxygen atoms in total. The van der Waals surface area contributed by atoms with Crippen LogP contribution in [0.1, 0.15) is 408 Å². The summed E-state index contributed by atoms with van der Waals surface area (Å²) < 4.78 is 68.6. The number of carbonyl (C=O) groups is 4. The highest BCUT2D eigenvalue weighted by atomic mass is 31.2. The normalized spacial score (nSPS) is 14.0. The third-order valence-electron chi connectivity index (χ3n) is 18.2. The average Bonchev–Trinajstić information content (AvgIpc) is 2.60. The number of hydrogen-bond donors (Lipinski definition) is 3. The molecule has 0 amide bonds. The molecule has 0 saturated carbocycles. The first-order chi connectivity index (χ1) is 46.9. The van der Waals surface area contributed by atoms with Gasteiger partial charge in [-0.25, -0.2) is 9.13 Å². The van der Waals surface area contributed by atoms with E-state index in [-0.39, 0.29) is 25.7 Å². The number of aliphatic hydroxyl groups is 1. The van der Waals surface area contributed by atoms with E-state index in [0.29, 0.717) is 25.7 Å². The van der Waals surface area contributed by atoms with Gasteiger partial charge in [0.1, 0.15) is 19.3 Å². The van der Waals surface area contributed by atoms with Gasteiger partial charge in [0, 0.05) is 25.7 Å². The molecule has 19 heteroatoms. The highest BCUT2D eigenvalue weighted by molar-refractivity contribution is 7.47. The van der Waals surface area contributed by atoms with Crippen LogP contribution in [0.25, 0.3) is 0 Å². The highest BCUT2D eigenvalue weighted by Crippen LogP contribution is 2.45. The fraction of sp³-hybridized carbons (Fsp3) is 0.949. The van der Waals surface area contributed by atoms with E-state index in [1.807, 2.05) is 0 Å². The molecule has 3 N–H and O–H groups in total. The molecular formula is C78H152O17P2. The molecule has 0 aromatic heterocycles. The molecule has 0 spiro atoms. The zero-order valence-electron chi connectivity index (χ0n) is 63.4. The molecule has 0 radical (unpaired) electrons. The van der Waals surface area contributed by atoms with Gasteiger partial charge in [-0.15, -0.1) is 0 Å². The second-order valence-corrected chi connectivity index (χ2v) is 32.0. The number of phosphoric acid groups is 2. The first-order valence-electron chi connectivity index (χ1n) is 40.5. The van der Waals surface area contributed by atoms with Crippen molar-refractivity contribution in [2.24, 2.45) is 11.8 Å². The predicted molar refractivity (Wildman–Crippen MR) is 395 cm³/mol. The Labute approximate surface area is 594 Å². The lowest BCUT2D eigenvalue weighted by molar-refractivity contribution is -0.161. The molecule has 0 aliphatic carbocycles. The number of hydrogen-bond acceptors (Lipinski definition) is 15. The number of phosphoric ester groups is 2. The molecular weight excluding hydrogens is 1270 g/mol. The largest absolute Gasteiger partial charge is 0.472 e. The Bertz CT molecular complexity index is 1870. The summed E-state index contributed by atoms with van der Waals surface area (Å²) in [6.45, 7) is 9.58. The van der Waals surface area contributed by atoms with Crippen molar-refractivity contribution in [1.82, 2.24) is 0 Å². The van der Waals surface area contributed by atoms with Crippen LogP contribution in [0, 0.1) is 11.8 Å². The van der Waals surface area contributed by atoms with Crippen LogP contribution >= 0.6 is 15.6 Å². The Morgan fingerprint density at radius 3 is 0.701 bits per heavy atom. The lowest BCUT2D eigenvalue weighted by Crippen LogP contribution is -2.30. The van der Waals surface area contributed by atoms with Gasteiger partial charge in [0.15, 0.2) is 12.2 Å². The maximum atomic E-state index is 13.1. The molecule has 0 fully saturated rings. The van der Waals surface area contributed by atoms with Crippen molar-refractivity contribution in [3.8, 4) is 0 Å². The van der Waals surface area contributed by atoms with Gasteiger partial charge in [-0.05, 0) is 37.5 Å². The van der Waals surface area contributed by atoms with E-state index in [2.05, 4.69) is 41.5 Å². The van der Waals surface area contributed by atoms with Gasteiger partial charge in [-0.3, -0.25) is 37.3 Å². The summed E-state index contributed by atoms with van der Waals surface area (Å²) in [6.07, 6.45) is 58.3. The van der Waals surface area contributed by atoms with Gasteiger partial charge in [0.2, 0.25) is 0 Å². The van der Waals surface area contributed by atoms with Crippen LogP contribution in [0.2, 0.25) is 0 Å². The average molecular weight is 1420 g/mol. The minimum absolute atomic E-state index is 0.105. The minimum Gasteiger partial charge on any atom is -0.462 e. The smallest absolute Gasteiger partial charge is 0.462 e. The van der Waals surface area contributed by atoms with E-state index in [1.165, 1.54) is 225 Å². The fourth-order valence-corrected chi connectivity index (χ4v) is 13.6. The van der Waals surface area contributed by atoms with Gasteiger partial charge in [-0.2, -0.15) is 0 Å². The quantitative estimate of drug-likeness (QED) is 0.0222. The van der Waals surface area contributed by atoms with E-state index in [0.717, 1.165) is 102 Å². The van der Waals surface area contributed by atoms with Crippen LogP contribution < -0.4 is 0 Å². The van der Waals surface area contributed by atoms with Crippen molar-refractivity contribution in [1.29, 1.82) is 0 Å². The van der Waals surface area contributed by atoms with Gasteiger partial charge in [0.05, 0.1) is 26.4 Å². The number of rotatable bonds is 77. The van der Waals surface area contributed by atoms with Crippen molar-refractivity contribution < 1.29 is 80.2 Å². The van der Waals surface area contributed by atoms with E-state index in [9.17, 15) is 43.2 Å². The van der Waals surface area contributed by atoms with Crippen molar-refractivity contribution in [2.75, 3.05) is 39.6 Å². The Hall–Kier alpha value is -1.94. The molecule has 0 bridgehead atoms. The number of esters is 4. The zero-order valence-corrected chi connectivity index (χ0v) is 65.2. The standard InChI is InChI=1S/C78H152O17P2/c1-7-9-11-13-15-17-19-20-21-22-23-24-25-26-27-33-37-44-50-56-62-77(82)94-73(66-89-76(81)61-55-49-43-36-32-29-28-31-34-40-46-52-58-70(3)4)68-92-96(84,85)90-64-72(79)65-91-97(86,87)93-69-74(95-78(83)63-57-51-45-39-38-41-47-53-59-71(5)6)67-88-75(80)60-54-48-42-35-30-18-16-14-12-10-8-2/h70-74,79H,7-69H2,1-6H3,(H,84,85)(H,86,87)/t72-,73-,74-/m1/s1. The van der Waals surface area contributed by atoms with Crippen LogP contribution in [-0.4, -0.2) is 96.7 Å². The summed E-state index contributed by atoms with van der Waals surface area (Å²) in [5, 5.41) is 10.6. The SMILES string of the molecule is CCCCCCCCCCCCCCCCCCCCCCC(=O)O[C@H](COC(=O)CCCCCCCCCCCCCCC(C)C)COP(=O)(O)OC[C@@H](O)COP(=O)(O)OC[C@@H](COC(=O)CCCCCCCCCCCCC)OC(=O)CCCCCCCCCCC(C)C. The monoisotopic (exact) mass is 1420 g/mol. The van der Waals surface area contributed by atoms with Gasteiger partial charge in [0.25, 0.3) is 0 Å². The molecule has 97 heavy (non-hydrogen) atoms. The molecule has 0 rings (SSSR count). The molecule has 0 aromatic rings. The van der Waals surface area contributed by atoms with Crippen LogP contribution in [0.5, 0.6) is 0 Å². The zero-order chi connectivity index (χ0) is 71.4. The summed E-state index contributed by atoms with van der Waals surface area (Å²) in [6, 6.07) is 0. The van der Waals surface area contributed by atoms with Gasteiger partial charge in [-0.1, -0.05) is 356 Å². The third kappa shape index (κ3) is 72.2. The fourth-order valence-electron chi connectivity index (χ4n) is 12.0. The summed E-state index contributed by atoms with van der Waals surface area (Å²) in [5.41, 5.74) is 0. The van der Waals surface area contributed by atoms with Gasteiger partial charge < -0.3 is 33.8 Å². The molecule has 0 heterocycles. The van der Waals surface area contributed by atoms with Crippen LogP contribution in [0.4, 0.5) is 0 Å². The molecule has 0 aliphatic rings. The van der Waals surface area contributed by atoms with Crippen molar-refractivity contribution >= 4 is 39.5 Å². The number of unbranched alkanes of at least 4 members (excludes halogenated alkanes) is 47. The van der Waals surface area contributed by atoms with E-state index in [4.69, 9.17) is 37.0 Å². The first-order valence-corrected chi connectivity index (χ1v) is 43.5.